The highest BCUT2D eigenvalue weighted by atomic mass is 16.5. The van der Waals surface area contributed by atoms with Gasteiger partial charge in [-0.2, -0.15) is 0 Å². The van der Waals surface area contributed by atoms with E-state index in [0.29, 0.717) is 30.8 Å². The van der Waals surface area contributed by atoms with E-state index in [9.17, 15) is 19.5 Å². The first kappa shape index (κ1) is 19.8. The minimum atomic E-state index is -0.891. The van der Waals surface area contributed by atoms with Crippen LogP contribution in [0.3, 0.4) is 0 Å². The maximum Gasteiger partial charge on any atom is 0.311 e. The second-order valence-corrected chi connectivity index (χ2v) is 6.96. The number of amides is 2. The molecule has 1 fully saturated rings. The van der Waals surface area contributed by atoms with Gasteiger partial charge in [-0.05, 0) is 49.9 Å². The van der Waals surface area contributed by atoms with Crippen LogP contribution in [-0.4, -0.2) is 42.1 Å². The van der Waals surface area contributed by atoms with E-state index in [2.05, 4.69) is 10.6 Å². The monoisotopic (exact) mass is 362 g/mol. The van der Waals surface area contributed by atoms with Crippen LogP contribution in [0.2, 0.25) is 0 Å². The zero-order valence-electron chi connectivity index (χ0n) is 15.4. The number of ether oxygens (including phenoxy) is 1. The van der Waals surface area contributed by atoms with Crippen LogP contribution in [0.15, 0.2) is 24.3 Å². The van der Waals surface area contributed by atoms with Gasteiger partial charge >= 0.3 is 5.97 Å². The summed E-state index contributed by atoms with van der Waals surface area (Å²) >= 11 is 0. The Morgan fingerprint density at radius 2 is 1.81 bits per heavy atom. The Balaban J connectivity index is 1.97. The number of benzene rings is 1. The van der Waals surface area contributed by atoms with Gasteiger partial charge in [0.25, 0.3) is 5.91 Å². The maximum absolute atomic E-state index is 12.4. The summed E-state index contributed by atoms with van der Waals surface area (Å²) < 4.78 is 5.34. The number of carboxylic acids is 1. The summed E-state index contributed by atoms with van der Waals surface area (Å²) in [4.78, 5) is 36.1. The Bertz CT molecular complexity index is 665. The van der Waals surface area contributed by atoms with Crippen molar-refractivity contribution < 1.29 is 24.2 Å². The van der Waals surface area contributed by atoms with E-state index in [0.717, 1.165) is 0 Å². The Labute approximate surface area is 153 Å². The first-order valence-electron chi connectivity index (χ1n) is 8.84. The molecule has 1 saturated carbocycles. The average molecular weight is 362 g/mol. The van der Waals surface area contributed by atoms with Gasteiger partial charge in [0, 0.05) is 12.1 Å². The summed E-state index contributed by atoms with van der Waals surface area (Å²) in [6.07, 6.45) is 1.13. The zero-order valence-corrected chi connectivity index (χ0v) is 15.4. The predicted octanol–water partition coefficient (Wildman–Crippen LogP) is 1.82. The highest BCUT2D eigenvalue weighted by Gasteiger charge is 2.50. The van der Waals surface area contributed by atoms with Crippen LogP contribution in [0.5, 0.6) is 5.75 Å². The van der Waals surface area contributed by atoms with E-state index in [1.807, 2.05) is 20.8 Å². The molecular weight excluding hydrogens is 336 g/mol. The molecule has 1 aromatic carbocycles. The molecule has 0 spiro atoms. The third kappa shape index (κ3) is 4.74. The lowest BCUT2D eigenvalue weighted by Gasteiger charge is -2.23. The maximum atomic E-state index is 12.4. The van der Waals surface area contributed by atoms with Crippen molar-refractivity contribution in [2.24, 2.45) is 11.3 Å². The van der Waals surface area contributed by atoms with Crippen molar-refractivity contribution >= 4 is 17.8 Å². The molecule has 1 aliphatic carbocycles. The molecule has 3 N–H and O–H groups in total. The lowest BCUT2D eigenvalue weighted by molar-refractivity contribution is -0.143. The molecule has 0 saturated heterocycles. The number of carboxylic acid groups (broad SMARTS) is 1. The third-order valence-corrected chi connectivity index (χ3v) is 4.57. The van der Waals surface area contributed by atoms with Gasteiger partial charge in [-0.1, -0.05) is 13.8 Å². The number of hydrogen-bond donors (Lipinski definition) is 3. The van der Waals surface area contributed by atoms with Gasteiger partial charge in [-0.15, -0.1) is 0 Å². The van der Waals surface area contributed by atoms with Gasteiger partial charge in [0.15, 0.2) is 0 Å². The molecule has 1 atom stereocenters. The summed E-state index contributed by atoms with van der Waals surface area (Å²) in [5, 5.41) is 14.6. The second-order valence-electron chi connectivity index (χ2n) is 6.96. The molecule has 26 heavy (non-hydrogen) atoms. The third-order valence-electron chi connectivity index (χ3n) is 4.57. The smallest absolute Gasteiger partial charge is 0.311 e. The Morgan fingerprint density at radius 3 is 2.27 bits per heavy atom. The minimum absolute atomic E-state index is 0.0866. The average Bonchev–Trinajstić information content (AvgIpc) is 3.39. The highest BCUT2D eigenvalue weighted by Crippen LogP contribution is 2.45. The number of carbonyl (C=O) groups is 3. The van der Waals surface area contributed by atoms with Crippen molar-refractivity contribution in [1.29, 1.82) is 0 Å². The van der Waals surface area contributed by atoms with Crippen LogP contribution >= 0.6 is 0 Å². The van der Waals surface area contributed by atoms with Crippen molar-refractivity contribution in [3.05, 3.63) is 29.8 Å². The largest absolute Gasteiger partial charge is 0.494 e. The number of rotatable bonds is 9. The number of nitrogens with one attached hydrogen (secondary N) is 2. The van der Waals surface area contributed by atoms with Crippen molar-refractivity contribution in [3.63, 3.8) is 0 Å². The molecule has 7 nitrogen and oxygen atoms in total. The molecule has 2 rings (SSSR count). The second kappa shape index (κ2) is 8.21. The number of hydrogen-bond acceptors (Lipinski definition) is 4. The summed E-state index contributed by atoms with van der Waals surface area (Å²) in [6.45, 7) is 6.16. The molecule has 0 radical (unpaired) electrons. The van der Waals surface area contributed by atoms with E-state index in [1.54, 1.807) is 24.3 Å². The summed E-state index contributed by atoms with van der Waals surface area (Å²) in [5.41, 5.74) is -0.410. The van der Waals surface area contributed by atoms with Gasteiger partial charge in [-0.3, -0.25) is 14.4 Å². The standard InChI is InChI=1S/C19H26N2O5/c1-4-26-14-7-5-13(6-8-14)16(22)21-15(12(2)3)17(23)20-11-19(9-10-19)18(24)25/h5-8,12,15H,4,9-11H2,1-3H3,(H,20,23)(H,21,22)(H,24,25). The van der Waals surface area contributed by atoms with E-state index < -0.39 is 17.4 Å². The highest BCUT2D eigenvalue weighted by molar-refractivity contribution is 5.97. The first-order chi connectivity index (χ1) is 12.3. The Morgan fingerprint density at radius 1 is 1.19 bits per heavy atom. The van der Waals surface area contributed by atoms with Crippen LogP contribution in [0.25, 0.3) is 0 Å². The molecule has 2 amide bonds. The number of aliphatic carboxylic acids is 1. The predicted molar refractivity (Wildman–Crippen MR) is 96.0 cm³/mol. The molecule has 1 unspecified atom stereocenters. The summed E-state index contributed by atoms with van der Waals surface area (Å²) in [5.74, 6) is -1.09. The van der Waals surface area contributed by atoms with Crippen molar-refractivity contribution in [2.75, 3.05) is 13.2 Å². The van der Waals surface area contributed by atoms with Gasteiger partial charge in [0.1, 0.15) is 11.8 Å². The molecule has 7 heteroatoms. The Kier molecular flexibility index (Phi) is 6.23. The van der Waals surface area contributed by atoms with E-state index in [-0.39, 0.29) is 24.3 Å². The summed E-state index contributed by atoms with van der Waals surface area (Å²) in [7, 11) is 0. The molecule has 142 valence electrons. The fourth-order valence-electron chi connectivity index (χ4n) is 2.61. The van der Waals surface area contributed by atoms with Crippen molar-refractivity contribution in [1.82, 2.24) is 10.6 Å². The zero-order chi connectivity index (χ0) is 19.3. The lowest BCUT2D eigenvalue weighted by Crippen LogP contribution is -2.51. The van der Waals surface area contributed by atoms with Gasteiger partial charge in [0.05, 0.1) is 12.0 Å². The van der Waals surface area contributed by atoms with Crippen molar-refractivity contribution in [3.8, 4) is 5.75 Å². The van der Waals surface area contributed by atoms with Crippen LogP contribution in [0, 0.1) is 11.3 Å². The summed E-state index contributed by atoms with van der Waals surface area (Å²) in [6, 6.07) is 5.94. The van der Waals surface area contributed by atoms with E-state index in [1.165, 1.54) is 0 Å². The van der Waals surface area contributed by atoms with E-state index in [4.69, 9.17) is 4.74 Å². The van der Waals surface area contributed by atoms with Crippen LogP contribution in [0.1, 0.15) is 44.0 Å². The molecule has 0 aliphatic heterocycles. The fourth-order valence-corrected chi connectivity index (χ4v) is 2.61. The van der Waals surface area contributed by atoms with Crippen LogP contribution in [-0.2, 0) is 9.59 Å². The van der Waals surface area contributed by atoms with Crippen molar-refractivity contribution in [2.45, 2.75) is 39.7 Å². The molecule has 1 aliphatic rings. The fraction of sp³-hybridized carbons (Fsp3) is 0.526. The molecule has 0 aromatic heterocycles. The van der Waals surface area contributed by atoms with Gasteiger partial charge in [0.2, 0.25) is 5.91 Å². The molecular formula is C19H26N2O5. The Hall–Kier alpha value is -2.57. The topological polar surface area (TPSA) is 105 Å². The molecule has 0 heterocycles. The van der Waals surface area contributed by atoms with E-state index >= 15 is 0 Å². The first-order valence-corrected chi connectivity index (χ1v) is 8.84. The SMILES string of the molecule is CCOc1ccc(C(=O)NC(C(=O)NCC2(C(=O)O)CC2)C(C)C)cc1. The normalized spacial score (nSPS) is 15.8. The lowest BCUT2D eigenvalue weighted by atomic mass is 10.0. The number of carbonyl (C=O) groups excluding carboxylic acids is 2. The van der Waals surface area contributed by atoms with Gasteiger partial charge < -0.3 is 20.5 Å². The molecule has 0 bridgehead atoms. The minimum Gasteiger partial charge on any atom is -0.494 e. The van der Waals surface area contributed by atoms with Crippen LogP contribution < -0.4 is 15.4 Å². The quantitative estimate of drug-likeness (QED) is 0.621. The van der Waals surface area contributed by atoms with Crippen LogP contribution in [0.4, 0.5) is 0 Å². The molecule has 1 aromatic rings. The van der Waals surface area contributed by atoms with Gasteiger partial charge in [-0.25, -0.2) is 0 Å².